The van der Waals surface area contributed by atoms with E-state index in [9.17, 15) is 4.79 Å². The first-order valence-corrected chi connectivity index (χ1v) is 12.0. The first-order chi connectivity index (χ1) is 16.7. The first kappa shape index (κ1) is 20.9. The van der Waals surface area contributed by atoms with Gasteiger partial charge in [0.2, 0.25) is 11.7 Å². The Morgan fingerprint density at radius 1 is 1.00 bits per heavy atom. The molecule has 0 radical (unpaired) electrons. The SMILES string of the molecule is O=C(COc1ccc2oc3ccccc3c2c1)N1CCN(Cc2nc(-c3cccs3)no2)CC1. The van der Waals surface area contributed by atoms with Gasteiger partial charge in [0.15, 0.2) is 6.61 Å². The molecule has 1 aliphatic heterocycles. The van der Waals surface area contributed by atoms with Crippen molar-refractivity contribution in [1.82, 2.24) is 19.9 Å². The van der Waals surface area contributed by atoms with Gasteiger partial charge < -0.3 is 18.6 Å². The van der Waals surface area contributed by atoms with Gasteiger partial charge in [0.25, 0.3) is 5.91 Å². The maximum Gasteiger partial charge on any atom is 0.260 e. The lowest BCUT2D eigenvalue weighted by molar-refractivity contribution is -0.135. The van der Waals surface area contributed by atoms with E-state index in [4.69, 9.17) is 13.7 Å². The Morgan fingerprint density at radius 2 is 1.85 bits per heavy atom. The zero-order chi connectivity index (χ0) is 22.9. The average Bonchev–Trinajstić information content (AvgIpc) is 3.62. The van der Waals surface area contributed by atoms with Gasteiger partial charge in [-0.15, -0.1) is 11.3 Å². The van der Waals surface area contributed by atoms with Gasteiger partial charge in [0.1, 0.15) is 16.9 Å². The van der Waals surface area contributed by atoms with Crippen molar-refractivity contribution in [3.8, 4) is 16.5 Å². The Kier molecular flexibility index (Phi) is 5.48. The van der Waals surface area contributed by atoms with E-state index in [-0.39, 0.29) is 12.5 Å². The first-order valence-electron chi connectivity index (χ1n) is 11.1. The number of ether oxygens (including phenoxy) is 1. The zero-order valence-corrected chi connectivity index (χ0v) is 19.2. The standard InChI is InChI=1S/C25H22N4O4S/c30-24(16-31-17-7-8-21-19(14-17)18-4-1-2-5-20(18)32-21)29-11-9-28(10-12-29)15-23-26-25(27-33-23)22-6-3-13-34-22/h1-8,13-14H,9-12,15-16H2. The molecule has 2 aromatic carbocycles. The van der Waals surface area contributed by atoms with Crippen LogP contribution in [0.15, 0.2) is 68.9 Å². The summed E-state index contributed by atoms with van der Waals surface area (Å²) in [5, 5.41) is 8.07. The zero-order valence-electron chi connectivity index (χ0n) is 18.3. The predicted octanol–water partition coefficient (Wildman–Crippen LogP) is 4.42. The summed E-state index contributed by atoms with van der Waals surface area (Å²) in [6.45, 7) is 3.36. The molecule has 1 amide bonds. The van der Waals surface area contributed by atoms with Crippen molar-refractivity contribution in [2.75, 3.05) is 32.8 Å². The third-order valence-corrected chi connectivity index (χ3v) is 6.87. The molecule has 4 heterocycles. The van der Waals surface area contributed by atoms with E-state index in [2.05, 4.69) is 15.0 Å². The number of carbonyl (C=O) groups excluding carboxylic acids is 1. The summed E-state index contributed by atoms with van der Waals surface area (Å²) in [7, 11) is 0. The number of piperazine rings is 1. The molecule has 34 heavy (non-hydrogen) atoms. The second-order valence-electron chi connectivity index (χ2n) is 8.19. The van der Waals surface area contributed by atoms with Crippen LogP contribution in [0.4, 0.5) is 0 Å². The van der Waals surface area contributed by atoms with Gasteiger partial charge in [-0.1, -0.05) is 29.4 Å². The summed E-state index contributed by atoms with van der Waals surface area (Å²) in [6, 6.07) is 17.5. The third kappa shape index (κ3) is 4.15. The van der Waals surface area contributed by atoms with Gasteiger partial charge in [-0.25, -0.2) is 0 Å². The van der Waals surface area contributed by atoms with Crippen molar-refractivity contribution < 1.29 is 18.5 Å². The Balaban J connectivity index is 1.02. The van der Waals surface area contributed by atoms with Crippen LogP contribution in [-0.4, -0.2) is 58.6 Å². The quantitative estimate of drug-likeness (QED) is 0.360. The van der Waals surface area contributed by atoms with Crippen molar-refractivity contribution in [1.29, 1.82) is 0 Å². The number of fused-ring (bicyclic) bond motifs is 3. The number of carbonyl (C=O) groups is 1. The molecule has 0 N–H and O–H groups in total. The normalized spacial score (nSPS) is 14.8. The minimum absolute atomic E-state index is 0.00905. The number of rotatable bonds is 6. The lowest BCUT2D eigenvalue weighted by atomic mass is 10.1. The van der Waals surface area contributed by atoms with Crippen LogP contribution in [0, 0.1) is 0 Å². The molecule has 0 unspecified atom stereocenters. The lowest BCUT2D eigenvalue weighted by Gasteiger charge is -2.33. The maximum atomic E-state index is 12.7. The molecule has 0 atom stereocenters. The highest BCUT2D eigenvalue weighted by Gasteiger charge is 2.23. The monoisotopic (exact) mass is 474 g/mol. The molecule has 6 rings (SSSR count). The van der Waals surface area contributed by atoms with Crippen molar-refractivity contribution in [3.63, 3.8) is 0 Å². The molecule has 5 aromatic rings. The molecule has 0 spiro atoms. The summed E-state index contributed by atoms with van der Waals surface area (Å²) in [6.07, 6.45) is 0. The predicted molar refractivity (Wildman–Crippen MR) is 129 cm³/mol. The molecule has 3 aromatic heterocycles. The van der Waals surface area contributed by atoms with E-state index in [1.54, 1.807) is 11.3 Å². The summed E-state index contributed by atoms with van der Waals surface area (Å²) in [5.41, 5.74) is 1.65. The molecule has 0 aliphatic carbocycles. The highest BCUT2D eigenvalue weighted by molar-refractivity contribution is 7.13. The summed E-state index contributed by atoms with van der Waals surface area (Å²) >= 11 is 1.58. The smallest absolute Gasteiger partial charge is 0.260 e. The highest BCUT2D eigenvalue weighted by Crippen LogP contribution is 2.31. The third-order valence-electron chi connectivity index (χ3n) is 6.00. The van der Waals surface area contributed by atoms with Gasteiger partial charge in [0, 0.05) is 37.0 Å². The number of furan rings is 1. The van der Waals surface area contributed by atoms with Crippen molar-refractivity contribution in [2.24, 2.45) is 0 Å². The molecular formula is C25H22N4O4S. The van der Waals surface area contributed by atoms with Crippen LogP contribution >= 0.6 is 11.3 Å². The van der Waals surface area contributed by atoms with Gasteiger partial charge in [0.05, 0.1) is 11.4 Å². The maximum absolute atomic E-state index is 12.7. The summed E-state index contributed by atoms with van der Waals surface area (Å²) in [4.78, 5) is 22.3. The second-order valence-corrected chi connectivity index (χ2v) is 9.14. The largest absolute Gasteiger partial charge is 0.484 e. The Hall–Kier alpha value is -3.69. The van der Waals surface area contributed by atoms with Crippen LogP contribution in [0.5, 0.6) is 5.75 Å². The molecule has 1 aliphatic rings. The second kappa shape index (κ2) is 8.92. The van der Waals surface area contributed by atoms with Crippen LogP contribution in [0.1, 0.15) is 5.89 Å². The van der Waals surface area contributed by atoms with Crippen molar-refractivity contribution in [3.05, 3.63) is 65.9 Å². The Morgan fingerprint density at radius 3 is 2.71 bits per heavy atom. The fourth-order valence-electron chi connectivity index (χ4n) is 4.20. The molecule has 9 heteroatoms. The molecule has 8 nitrogen and oxygen atoms in total. The van der Waals surface area contributed by atoms with Crippen LogP contribution in [0.3, 0.4) is 0 Å². The number of hydrogen-bond donors (Lipinski definition) is 0. The molecule has 1 fully saturated rings. The molecule has 172 valence electrons. The lowest BCUT2D eigenvalue weighted by Crippen LogP contribution is -2.49. The average molecular weight is 475 g/mol. The minimum atomic E-state index is -0.0189. The number of aromatic nitrogens is 2. The minimum Gasteiger partial charge on any atom is -0.484 e. The number of benzene rings is 2. The number of amides is 1. The summed E-state index contributed by atoms with van der Waals surface area (Å²) < 4.78 is 17.1. The van der Waals surface area contributed by atoms with Gasteiger partial charge in [-0.2, -0.15) is 4.98 Å². The topological polar surface area (TPSA) is 84.8 Å². The fraction of sp³-hybridized carbons (Fsp3) is 0.240. The van der Waals surface area contributed by atoms with Crippen LogP contribution in [0.2, 0.25) is 0 Å². The van der Waals surface area contributed by atoms with E-state index in [0.29, 0.717) is 37.1 Å². The molecular weight excluding hydrogens is 452 g/mol. The van der Waals surface area contributed by atoms with Gasteiger partial charge in [-0.3, -0.25) is 9.69 Å². The van der Waals surface area contributed by atoms with E-state index in [1.165, 1.54) is 0 Å². The van der Waals surface area contributed by atoms with E-state index in [1.807, 2.05) is 64.9 Å². The Bertz CT molecular complexity index is 1430. The van der Waals surface area contributed by atoms with Crippen LogP contribution < -0.4 is 4.74 Å². The number of hydrogen-bond acceptors (Lipinski definition) is 8. The number of para-hydroxylation sites is 1. The van der Waals surface area contributed by atoms with E-state index in [0.717, 1.165) is 39.9 Å². The van der Waals surface area contributed by atoms with Crippen LogP contribution in [0.25, 0.3) is 32.6 Å². The van der Waals surface area contributed by atoms with Crippen LogP contribution in [-0.2, 0) is 11.3 Å². The van der Waals surface area contributed by atoms with Crippen molar-refractivity contribution in [2.45, 2.75) is 6.54 Å². The van der Waals surface area contributed by atoms with E-state index >= 15 is 0 Å². The Labute approximate surface area is 199 Å². The van der Waals surface area contributed by atoms with Gasteiger partial charge in [-0.05, 0) is 35.7 Å². The fourth-order valence-corrected chi connectivity index (χ4v) is 4.85. The van der Waals surface area contributed by atoms with Crippen molar-refractivity contribution >= 4 is 39.2 Å². The molecule has 0 saturated carbocycles. The molecule has 1 saturated heterocycles. The summed E-state index contributed by atoms with van der Waals surface area (Å²) in [5.74, 6) is 1.85. The number of nitrogens with zero attached hydrogens (tertiary/aromatic N) is 4. The molecule has 0 bridgehead atoms. The van der Waals surface area contributed by atoms with Gasteiger partial charge >= 0.3 is 0 Å². The highest BCUT2D eigenvalue weighted by atomic mass is 32.1. The number of thiophene rings is 1. The van der Waals surface area contributed by atoms with E-state index < -0.39 is 0 Å².